The van der Waals surface area contributed by atoms with Crippen molar-refractivity contribution >= 4 is 29.4 Å². The van der Waals surface area contributed by atoms with Crippen LogP contribution in [-0.4, -0.2) is 59.5 Å². The molecular weight excluding hydrogens is 345 g/mol. The van der Waals surface area contributed by atoms with Gasteiger partial charge in [-0.1, -0.05) is 0 Å². The van der Waals surface area contributed by atoms with Gasteiger partial charge >= 0.3 is 29.6 Å². The number of hydrogen-bond acceptors (Lipinski definition) is 7. The Hall–Kier alpha value is -0.870. The average molecular weight is 361 g/mol. The third kappa shape index (κ3) is 2.72. The third-order valence-corrected chi connectivity index (χ3v) is 5.95. The summed E-state index contributed by atoms with van der Waals surface area (Å²) in [6.07, 6.45) is 1.44. The molecule has 0 radical (unpaired) electrons. The van der Waals surface area contributed by atoms with Crippen molar-refractivity contribution in [1.29, 1.82) is 0 Å². The van der Waals surface area contributed by atoms with E-state index in [0.29, 0.717) is 0 Å². The molecule has 1 N–H and O–H groups in total. The van der Waals surface area contributed by atoms with Crippen molar-refractivity contribution in [2.24, 2.45) is 13.0 Å². The van der Waals surface area contributed by atoms with Crippen LogP contribution in [0, 0.1) is 5.92 Å². The molecule has 24 heavy (non-hydrogen) atoms. The summed E-state index contributed by atoms with van der Waals surface area (Å²) in [5, 5.41) is 21.1. The molecule has 1 amide bonds. The largest absolute Gasteiger partial charge is 1.00 e. The number of fused-ring (bicyclic) bond motifs is 1. The molecule has 2 aliphatic rings. The number of carboxylic acids is 1. The van der Waals surface area contributed by atoms with E-state index in [0.717, 1.165) is 0 Å². The summed E-state index contributed by atoms with van der Waals surface area (Å²) in [5.41, 5.74) is 0. The Morgan fingerprint density at radius 1 is 1.46 bits per heavy atom. The maximum Gasteiger partial charge on any atom is 1.00 e. The molecule has 0 aromatic carbocycles. The van der Waals surface area contributed by atoms with Crippen molar-refractivity contribution in [1.82, 2.24) is 14.5 Å². The molecule has 0 spiro atoms. The maximum atomic E-state index is 12.3. The molecule has 0 aliphatic carbocycles. The molecule has 2 saturated heterocycles. The Morgan fingerprint density at radius 3 is 2.58 bits per heavy atom. The molecule has 124 valence electrons. The van der Waals surface area contributed by atoms with Crippen LogP contribution in [0.3, 0.4) is 0 Å². The Morgan fingerprint density at radius 2 is 2.08 bits per heavy atom. The molecule has 0 bridgehead atoms. The normalized spacial score (nSPS) is 28.6. The number of amides is 1. The SMILES string of the molecule is Cn1ccnc1C(=O)[C@@H](O)[C@@H]1C(=O)N2[C@@H]1SC(C)(C)[C@@H]2C(=O)[O-].[Na+]. The van der Waals surface area contributed by atoms with Gasteiger partial charge in [0.1, 0.15) is 12.0 Å². The number of carbonyl (C=O) groups excluding carboxylic acids is 3. The van der Waals surface area contributed by atoms with Gasteiger partial charge in [-0.2, -0.15) is 0 Å². The van der Waals surface area contributed by atoms with Crippen molar-refractivity contribution in [2.45, 2.75) is 36.1 Å². The van der Waals surface area contributed by atoms with Crippen LogP contribution in [0.2, 0.25) is 0 Å². The van der Waals surface area contributed by atoms with Crippen LogP contribution in [0.1, 0.15) is 24.5 Å². The Balaban J connectivity index is 0.00000208. The van der Waals surface area contributed by atoms with Crippen molar-refractivity contribution in [3.8, 4) is 0 Å². The molecule has 2 aliphatic heterocycles. The standard InChI is InChI=1S/C14H17N3O5S.Na/c1-14(2)9(13(21)22)17-11(20)6(12(17)23-14)7(18)8(19)10-15-4-5-16(10)3;/h4-7,9,12,18H,1-3H3,(H,21,22);/q;+1/p-1/t6-,7+,9+,12-;/m1./s1. The molecule has 2 fully saturated rings. The molecule has 10 heteroatoms. The fourth-order valence-electron chi connectivity index (χ4n) is 3.21. The number of Topliss-reactive ketones (excluding diaryl/α,β-unsaturated/α-hetero) is 1. The monoisotopic (exact) mass is 361 g/mol. The van der Waals surface area contributed by atoms with Crippen molar-refractivity contribution in [3.63, 3.8) is 0 Å². The van der Waals surface area contributed by atoms with E-state index < -0.39 is 45.8 Å². The minimum atomic E-state index is -1.55. The van der Waals surface area contributed by atoms with Gasteiger partial charge in [0, 0.05) is 24.2 Å². The van der Waals surface area contributed by atoms with Gasteiger partial charge in [0.15, 0.2) is 5.82 Å². The first-order chi connectivity index (χ1) is 10.7. The van der Waals surface area contributed by atoms with Crippen LogP contribution in [0.25, 0.3) is 0 Å². The van der Waals surface area contributed by atoms with E-state index in [2.05, 4.69) is 4.98 Å². The van der Waals surface area contributed by atoms with E-state index >= 15 is 0 Å². The first-order valence-corrected chi connectivity index (χ1v) is 7.95. The first kappa shape index (κ1) is 19.5. The molecular formula is C14H16N3NaO5S. The molecule has 3 heterocycles. The summed E-state index contributed by atoms with van der Waals surface area (Å²) < 4.78 is 0.710. The maximum absolute atomic E-state index is 12.3. The number of aliphatic hydroxyl groups is 1. The summed E-state index contributed by atoms with van der Waals surface area (Å²) in [4.78, 5) is 41.1. The predicted octanol–water partition coefficient (Wildman–Crippen LogP) is -4.60. The molecule has 1 aromatic heterocycles. The van der Waals surface area contributed by atoms with Crippen LogP contribution in [0.15, 0.2) is 12.4 Å². The number of rotatable bonds is 4. The number of aromatic nitrogens is 2. The zero-order valence-corrected chi connectivity index (χ0v) is 16.6. The van der Waals surface area contributed by atoms with E-state index in [1.54, 1.807) is 27.1 Å². The second-order valence-corrected chi connectivity index (χ2v) is 8.05. The summed E-state index contributed by atoms with van der Waals surface area (Å²) in [7, 11) is 1.61. The number of aliphatic hydroxyl groups excluding tert-OH is 1. The molecule has 0 saturated carbocycles. The zero-order chi connectivity index (χ0) is 17.1. The van der Waals surface area contributed by atoms with Crippen LogP contribution in [-0.2, 0) is 16.6 Å². The second-order valence-electron chi connectivity index (χ2n) is 6.28. The number of aryl methyl sites for hydroxylation is 1. The van der Waals surface area contributed by atoms with E-state index in [1.807, 2.05) is 0 Å². The molecule has 4 atom stereocenters. The molecule has 0 unspecified atom stereocenters. The number of carboxylic acid groups (broad SMARTS) is 1. The summed E-state index contributed by atoms with van der Waals surface area (Å²) in [6, 6.07) is -1.07. The fourth-order valence-corrected chi connectivity index (χ4v) is 4.92. The Labute approximate surface area is 164 Å². The number of hydrogen-bond donors (Lipinski definition) is 1. The smallest absolute Gasteiger partial charge is 0.548 e. The number of imidazole rings is 1. The quantitative estimate of drug-likeness (QED) is 0.326. The number of thioether (sulfide) groups is 1. The number of aliphatic carboxylic acids is 1. The minimum Gasteiger partial charge on any atom is -0.548 e. The fraction of sp³-hybridized carbons (Fsp3) is 0.571. The van der Waals surface area contributed by atoms with Gasteiger partial charge in [-0.05, 0) is 13.8 Å². The Bertz CT molecular complexity index is 706. The van der Waals surface area contributed by atoms with Gasteiger partial charge in [0.25, 0.3) is 0 Å². The second kappa shape index (κ2) is 6.45. The number of nitrogens with zero attached hydrogens (tertiary/aromatic N) is 3. The van der Waals surface area contributed by atoms with Gasteiger partial charge in [-0.25, -0.2) is 4.98 Å². The van der Waals surface area contributed by atoms with Crippen LogP contribution in [0.4, 0.5) is 0 Å². The van der Waals surface area contributed by atoms with Gasteiger partial charge in [0.2, 0.25) is 11.7 Å². The van der Waals surface area contributed by atoms with Crippen LogP contribution in [0.5, 0.6) is 0 Å². The van der Waals surface area contributed by atoms with Crippen molar-refractivity contribution in [2.75, 3.05) is 0 Å². The van der Waals surface area contributed by atoms with Gasteiger partial charge in [-0.15, -0.1) is 11.8 Å². The van der Waals surface area contributed by atoms with Gasteiger partial charge in [-0.3, -0.25) is 9.59 Å². The van der Waals surface area contributed by atoms with Crippen LogP contribution < -0.4 is 34.7 Å². The number of β-lactam (4-membered cyclic amide) rings is 1. The zero-order valence-electron chi connectivity index (χ0n) is 13.8. The van der Waals surface area contributed by atoms with E-state index in [1.165, 1.54) is 27.4 Å². The number of ketones is 1. The molecule has 8 nitrogen and oxygen atoms in total. The molecule has 3 rings (SSSR count). The van der Waals surface area contributed by atoms with E-state index in [4.69, 9.17) is 0 Å². The summed E-state index contributed by atoms with van der Waals surface area (Å²) in [5.74, 6) is -3.43. The summed E-state index contributed by atoms with van der Waals surface area (Å²) in [6.45, 7) is 3.40. The van der Waals surface area contributed by atoms with Gasteiger partial charge in [0.05, 0.1) is 17.4 Å². The topological polar surface area (TPSA) is 116 Å². The van der Waals surface area contributed by atoms with Crippen molar-refractivity contribution < 1.29 is 54.2 Å². The molecule has 1 aromatic rings. The Kier molecular flexibility index (Phi) is 5.23. The number of carbonyl (C=O) groups is 3. The van der Waals surface area contributed by atoms with E-state index in [9.17, 15) is 24.6 Å². The first-order valence-electron chi connectivity index (χ1n) is 7.07. The van der Waals surface area contributed by atoms with Crippen LogP contribution >= 0.6 is 11.8 Å². The predicted molar refractivity (Wildman–Crippen MR) is 78.1 cm³/mol. The minimum absolute atomic E-state index is 0. The van der Waals surface area contributed by atoms with Crippen molar-refractivity contribution in [3.05, 3.63) is 18.2 Å². The average Bonchev–Trinajstić information content (AvgIpc) is 2.97. The van der Waals surface area contributed by atoms with E-state index in [-0.39, 0.29) is 35.4 Å². The summed E-state index contributed by atoms with van der Waals surface area (Å²) >= 11 is 1.26. The van der Waals surface area contributed by atoms with Gasteiger partial charge < -0.3 is 24.5 Å². The third-order valence-electron chi connectivity index (χ3n) is 4.36.